The third kappa shape index (κ3) is 2.80. The van der Waals surface area contributed by atoms with Gasteiger partial charge in [0.2, 0.25) is 0 Å². The van der Waals surface area contributed by atoms with Gasteiger partial charge >= 0.3 is 0 Å². The van der Waals surface area contributed by atoms with Crippen LogP contribution in [0.15, 0.2) is 18.2 Å². The van der Waals surface area contributed by atoms with Gasteiger partial charge in [0.05, 0.1) is 7.11 Å². The molecule has 1 heterocycles. The van der Waals surface area contributed by atoms with Crippen LogP contribution in [0, 0.1) is 0 Å². The first-order chi connectivity index (χ1) is 7.31. The summed E-state index contributed by atoms with van der Waals surface area (Å²) in [5.74, 6) is 1.03. The molecule has 4 heteroatoms. The minimum Gasteiger partial charge on any atom is -0.507 e. The Kier molecular flexibility index (Phi) is 4.90. The summed E-state index contributed by atoms with van der Waals surface area (Å²) in [5, 5.41) is 13.3. The van der Waals surface area contributed by atoms with Crippen molar-refractivity contribution < 1.29 is 9.84 Å². The Hall–Kier alpha value is -0.930. The predicted molar refractivity (Wildman–Crippen MR) is 66.5 cm³/mol. The molecule has 0 saturated carbocycles. The van der Waals surface area contributed by atoms with Gasteiger partial charge in [-0.15, -0.1) is 12.4 Å². The summed E-state index contributed by atoms with van der Waals surface area (Å²) < 4.78 is 5.06. The average molecular weight is 244 g/mol. The largest absolute Gasteiger partial charge is 0.507 e. The molecule has 90 valence electrons. The molecule has 2 rings (SSSR count). The lowest BCUT2D eigenvalue weighted by molar-refractivity contribution is 0.383. The zero-order chi connectivity index (χ0) is 10.7. The second-order valence-corrected chi connectivity index (χ2v) is 3.93. The van der Waals surface area contributed by atoms with Crippen LogP contribution in [-0.4, -0.2) is 18.8 Å². The molecular formula is C12H18ClNO2. The van der Waals surface area contributed by atoms with Crippen LogP contribution in [0.2, 0.25) is 0 Å². The van der Waals surface area contributed by atoms with Crippen molar-refractivity contribution in [1.82, 2.24) is 5.32 Å². The Morgan fingerprint density at radius 1 is 1.38 bits per heavy atom. The van der Waals surface area contributed by atoms with Crippen LogP contribution in [0.4, 0.5) is 0 Å². The van der Waals surface area contributed by atoms with Gasteiger partial charge in [0.1, 0.15) is 11.5 Å². The average Bonchev–Trinajstić information content (AvgIpc) is 2.30. The standard InChI is InChI=1S/C12H17NO2.ClH/c1-15-9-5-6-10(12(14)8-9)11-4-2-3-7-13-11;/h5-6,8,11,13-14H,2-4,7H2,1H3;1H/t11-;/m1./s1. The van der Waals surface area contributed by atoms with Crippen molar-refractivity contribution >= 4 is 12.4 Å². The number of ether oxygens (including phenoxy) is 1. The second kappa shape index (κ2) is 5.97. The molecule has 1 aromatic rings. The molecule has 1 fully saturated rings. The molecule has 0 aliphatic carbocycles. The van der Waals surface area contributed by atoms with Gasteiger partial charge in [0.25, 0.3) is 0 Å². The Labute approximate surface area is 102 Å². The van der Waals surface area contributed by atoms with E-state index in [4.69, 9.17) is 4.74 Å². The van der Waals surface area contributed by atoms with E-state index in [0.29, 0.717) is 17.5 Å². The number of methoxy groups -OCH3 is 1. The monoisotopic (exact) mass is 243 g/mol. The third-order valence-corrected chi connectivity index (χ3v) is 2.92. The first-order valence-corrected chi connectivity index (χ1v) is 5.41. The SMILES string of the molecule is COc1ccc([C@H]2CCCCN2)c(O)c1.Cl. The maximum Gasteiger partial charge on any atom is 0.124 e. The van der Waals surface area contributed by atoms with E-state index in [9.17, 15) is 5.11 Å². The smallest absolute Gasteiger partial charge is 0.124 e. The van der Waals surface area contributed by atoms with Gasteiger partial charge in [-0.25, -0.2) is 0 Å². The number of aromatic hydroxyl groups is 1. The van der Waals surface area contributed by atoms with E-state index in [1.54, 1.807) is 13.2 Å². The number of halogens is 1. The van der Waals surface area contributed by atoms with E-state index in [-0.39, 0.29) is 12.4 Å². The van der Waals surface area contributed by atoms with E-state index >= 15 is 0 Å². The van der Waals surface area contributed by atoms with Crippen molar-refractivity contribution in [3.8, 4) is 11.5 Å². The van der Waals surface area contributed by atoms with E-state index in [0.717, 1.165) is 18.5 Å². The van der Waals surface area contributed by atoms with Crippen LogP contribution in [0.3, 0.4) is 0 Å². The molecule has 0 amide bonds. The Balaban J connectivity index is 0.00000128. The number of rotatable bonds is 2. The van der Waals surface area contributed by atoms with E-state index in [1.165, 1.54) is 12.8 Å². The van der Waals surface area contributed by atoms with Gasteiger partial charge in [0.15, 0.2) is 0 Å². The van der Waals surface area contributed by atoms with Crippen molar-refractivity contribution in [2.75, 3.05) is 13.7 Å². The van der Waals surface area contributed by atoms with Crippen molar-refractivity contribution in [1.29, 1.82) is 0 Å². The summed E-state index contributed by atoms with van der Waals surface area (Å²) in [6, 6.07) is 5.80. The number of piperidine rings is 1. The number of hydrogen-bond donors (Lipinski definition) is 2. The highest BCUT2D eigenvalue weighted by atomic mass is 35.5. The fourth-order valence-electron chi connectivity index (χ4n) is 2.06. The van der Waals surface area contributed by atoms with Gasteiger partial charge in [-0.3, -0.25) is 0 Å². The molecule has 1 atom stereocenters. The summed E-state index contributed by atoms with van der Waals surface area (Å²) in [5.41, 5.74) is 0.982. The highest BCUT2D eigenvalue weighted by Gasteiger charge is 2.17. The zero-order valence-electron chi connectivity index (χ0n) is 9.40. The van der Waals surface area contributed by atoms with Crippen LogP contribution in [0.1, 0.15) is 30.9 Å². The fraction of sp³-hybridized carbons (Fsp3) is 0.500. The maximum atomic E-state index is 9.85. The van der Waals surface area contributed by atoms with E-state index < -0.39 is 0 Å². The quantitative estimate of drug-likeness (QED) is 0.839. The first kappa shape index (κ1) is 13.1. The van der Waals surface area contributed by atoms with Crippen LogP contribution in [-0.2, 0) is 0 Å². The molecular weight excluding hydrogens is 226 g/mol. The molecule has 2 N–H and O–H groups in total. The van der Waals surface area contributed by atoms with Crippen molar-refractivity contribution in [2.45, 2.75) is 25.3 Å². The van der Waals surface area contributed by atoms with Crippen molar-refractivity contribution in [3.05, 3.63) is 23.8 Å². The summed E-state index contributed by atoms with van der Waals surface area (Å²) in [6.07, 6.45) is 3.55. The zero-order valence-corrected chi connectivity index (χ0v) is 10.2. The molecule has 0 bridgehead atoms. The third-order valence-electron chi connectivity index (χ3n) is 2.92. The van der Waals surface area contributed by atoms with Crippen LogP contribution >= 0.6 is 12.4 Å². The summed E-state index contributed by atoms with van der Waals surface area (Å²) in [4.78, 5) is 0. The Morgan fingerprint density at radius 2 is 2.19 bits per heavy atom. The lowest BCUT2D eigenvalue weighted by Crippen LogP contribution is -2.26. The first-order valence-electron chi connectivity index (χ1n) is 5.41. The summed E-state index contributed by atoms with van der Waals surface area (Å²) in [7, 11) is 1.60. The van der Waals surface area contributed by atoms with E-state index in [1.807, 2.05) is 12.1 Å². The topological polar surface area (TPSA) is 41.5 Å². The van der Waals surface area contributed by atoms with Gasteiger partial charge in [-0.2, -0.15) is 0 Å². The van der Waals surface area contributed by atoms with Crippen molar-refractivity contribution in [2.24, 2.45) is 0 Å². The fourth-order valence-corrected chi connectivity index (χ4v) is 2.06. The van der Waals surface area contributed by atoms with Gasteiger partial charge in [-0.1, -0.05) is 12.5 Å². The Bertz CT molecular complexity index is 338. The molecule has 1 aliphatic heterocycles. The van der Waals surface area contributed by atoms with Gasteiger partial charge < -0.3 is 15.2 Å². The number of phenolic OH excluding ortho intramolecular Hbond substituents is 1. The van der Waals surface area contributed by atoms with Crippen LogP contribution in [0.5, 0.6) is 11.5 Å². The molecule has 0 radical (unpaired) electrons. The lowest BCUT2D eigenvalue weighted by Gasteiger charge is -2.24. The molecule has 1 saturated heterocycles. The lowest BCUT2D eigenvalue weighted by atomic mass is 9.97. The maximum absolute atomic E-state index is 9.85. The molecule has 3 nitrogen and oxygen atoms in total. The predicted octanol–water partition coefficient (Wildman–Crippen LogP) is 2.64. The molecule has 16 heavy (non-hydrogen) atoms. The Morgan fingerprint density at radius 3 is 2.75 bits per heavy atom. The highest BCUT2D eigenvalue weighted by molar-refractivity contribution is 5.85. The number of hydrogen-bond acceptors (Lipinski definition) is 3. The number of phenols is 1. The van der Waals surface area contributed by atoms with Gasteiger partial charge in [-0.05, 0) is 25.5 Å². The second-order valence-electron chi connectivity index (χ2n) is 3.93. The number of nitrogens with one attached hydrogen (secondary N) is 1. The van der Waals surface area contributed by atoms with Gasteiger partial charge in [0, 0.05) is 17.7 Å². The van der Waals surface area contributed by atoms with E-state index in [2.05, 4.69) is 5.32 Å². The van der Waals surface area contributed by atoms with Crippen LogP contribution < -0.4 is 10.1 Å². The molecule has 0 spiro atoms. The summed E-state index contributed by atoms with van der Waals surface area (Å²) >= 11 is 0. The molecule has 0 aromatic heterocycles. The molecule has 1 aliphatic rings. The highest BCUT2D eigenvalue weighted by Crippen LogP contribution is 2.32. The normalized spacial score (nSPS) is 19.9. The molecule has 0 unspecified atom stereocenters. The van der Waals surface area contributed by atoms with Crippen molar-refractivity contribution in [3.63, 3.8) is 0 Å². The summed E-state index contributed by atoms with van der Waals surface area (Å²) in [6.45, 7) is 1.04. The minimum absolute atomic E-state index is 0. The van der Waals surface area contributed by atoms with Crippen LogP contribution in [0.25, 0.3) is 0 Å². The number of benzene rings is 1. The minimum atomic E-state index is 0. The molecule has 1 aromatic carbocycles.